The van der Waals surface area contributed by atoms with Crippen molar-refractivity contribution in [2.45, 2.75) is 46.6 Å². The Morgan fingerprint density at radius 1 is 1.21 bits per heavy atom. The van der Waals surface area contributed by atoms with Crippen LogP contribution in [0, 0.1) is 5.92 Å². The second-order valence-electron chi connectivity index (χ2n) is 3.79. The molecule has 2 unspecified atom stereocenters. The lowest BCUT2D eigenvalue weighted by Crippen LogP contribution is -2.43. The van der Waals surface area contributed by atoms with Crippen molar-refractivity contribution >= 4 is 11.7 Å². The average molecular weight is 199 g/mol. The minimum Gasteiger partial charge on any atom is -0.336 e. The lowest BCUT2D eigenvalue weighted by atomic mass is 10.0. The highest BCUT2D eigenvalue weighted by molar-refractivity contribution is 5.88. The number of nitrogens with zero attached hydrogens (tertiary/aromatic N) is 1. The van der Waals surface area contributed by atoms with Crippen LogP contribution in [0.15, 0.2) is 0 Å². The van der Waals surface area contributed by atoms with Crippen molar-refractivity contribution in [3.8, 4) is 0 Å². The van der Waals surface area contributed by atoms with Gasteiger partial charge in [-0.25, -0.2) is 0 Å². The number of hydrogen-bond donors (Lipinski definition) is 0. The zero-order valence-corrected chi connectivity index (χ0v) is 9.83. The molecule has 1 amide bonds. The van der Waals surface area contributed by atoms with Gasteiger partial charge in [0.1, 0.15) is 0 Å². The Morgan fingerprint density at radius 3 is 2.00 bits per heavy atom. The quantitative estimate of drug-likeness (QED) is 0.677. The zero-order chi connectivity index (χ0) is 11.3. The van der Waals surface area contributed by atoms with Gasteiger partial charge in [0.25, 0.3) is 0 Å². The molecule has 0 aliphatic carbocycles. The van der Waals surface area contributed by atoms with Crippen molar-refractivity contribution in [2.75, 3.05) is 7.05 Å². The highest BCUT2D eigenvalue weighted by atomic mass is 16.2. The normalized spacial score (nSPS) is 14.6. The molecule has 0 spiro atoms. The molecule has 0 aliphatic heterocycles. The van der Waals surface area contributed by atoms with E-state index >= 15 is 0 Å². The largest absolute Gasteiger partial charge is 0.336 e. The van der Waals surface area contributed by atoms with Gasteiger partial charge in [-0.05, 0) is 19.8 Å². The van der Waals surface area contributed by atoms with Crippen LogP contribution in [0.3, 0.4) is 0 Å². The highest BCUT2D eigenvalue weighted by Crippen LogP contribution is 2.10. The molecule has 2 atom stereocenters. The van der Waals surface area contributed by atoms with E-state index in [4.69, 9.17) is 0 Å². The van der Waals surface area contributed by atoms with Crippen LogP contribution in [0.1, 0.15) is 40.5 Å². The first-order chi connectivity index (χ1) is 6.45. The summed E-state index contributed by atoms with van der Waals surface area (Å²) in [6, 6.07) is -0.253. The van der Waals surface area contributed by atoms with Crippen molar-refractivity contribution in [3.05, 3.63) is 0 Å². The summed E-state index contributed by atoms with van der Waals surface area (Å²) >= 11 is 0. The van der Waals surface area contributed by atoms with Gasteiger partial charge in [0.05, 0.1) is 6.04 Å². The molecule has 0 aliphatic rings. The van der Waals surface area contributed by atoms with Gasteiger partial charge in [0, 0.05) is 13.0 Å². The highest BCUT2D eigenvalue weighted by Gasteiger charge is 2.24. The summed E-state index contributed by atoms with van der Waals surface area (Å²) in [5, 5.41) is 0. The van der Waals surface area contributed by atoms with Gasteiger partial charge in [0.15, 0.2) is 5.78 Å². The van der Waals surface area contributed by atoms with Crippen LogP contribution in [-0.2, 0) is 9.59 Å². The summed E-state index contributed by atoms with van der Waals surface area (Å²) in [7, 11) is 1.71. The first kappa shape index (κ1) is 13.1. The number of likely N-dealkylation sites (N-methyl/N-ethyl adjacent to an activating group) is 1. The molecule has 14 heavy (non-hydrogen) atoms. The molecule has 0 aromatic carbocycles. The summed E-state index contributed by atoms with van der Waals surface area (Å²) in [5.74, 6) is 0.134. The summed E-state index contributed by atoms with van der Waals surface area (Å²) in [6.07, 6.45) is 1.51. The Labute approximate surface area is 86.5 Å². The smallest absolute Gasteiger partial charge is 0.225 e. The fraction of sp³-hybridized carbons (Fsp3) is 0.818. The maximum absolute atomic E-state index is 11.8. The average Bonchev–Trinajstić information content (AvgIpc) is 2.15. The third-order valence-corrected chi connectivity index (χ3v) is 2.71. The van der Waals surface area contributed by atoms with Gasteiger partial charge < -0.3 is 4.90 Å². The molecular weight excluding hydrogens is 178 g/mol. The van der Waals surface area contributed by atoms with Crippen LogP contribution in [0.2, 0.25) is 0 Å². The molecule has 0 rings (SSSR count). The van der Waals surface area contributed by atoms with Crippen LogP contribution in [0.5, 0.6) is 0 Å². The van der Waals surface area contributed by atoms with Crippen LogP contribution < -0.4 is 0 Å². The number of carbonyl (C=O) groups is 2. The Morgan fingerprint density at radius 2 is 1.71 bits per heavy atom. The number of ketones is 1. The molecule has 0 fully saturated rings. The summed E-state index contributed by atoms with van der Waals surface area (Å²) in [6.45, 7) is 7.33. The van der Waals surface area contributed by atoms with Crippen LogP contribution in [-0.4, -0.2) is 29.7 Å². The van der Waals surface area contributed by atoms with Crippen molar-refractivity contribution < 1.29 is 9.59 Å². The van der Waals surface area contributed by atoms with Gasteiger partial charge in [-0.1, -0.05) is 20.8 Å². The van der Waals surface area contributed by atoms with Gasteiger partial charge in [-0.15, -0.1) is 0 Å². The third-order valence-electron chi connectivity index (χ3n) is 2.71. The number of Topliss-reactive ketones (excluding diaryl/α,β-unsaturated/α-hetero) is 1. The molecule has 3 heteroatoms. The zero-order valence-electron chi connectivity index (χ0n) is 9.83. The molecule has 0 N–H and O–H groups in total. The number of carbonyl (C=O) groups excluding carboxylic acids is 2. The van der Waals surface area contributed by atoms with Gasteiger partial charge >= 0.3 is 0 Å². The van der Waals surface area contributed by atoms with E-state index in [-0.39, 0.29) is 23.7 Å². The SMILES string of the molecule is CCC(C)C(=O)N(C)C(CC)C(C)=O. The molecule has 0 heterocycles. The first-order valence-corrected chi connectivity index (χ1v) is 5.22. The fourth-order valence-electron chi connectivity index (χ4n) is 1.51. The number of hydrogen-bond acceptors (Lipinski definition) is 2. The van der Waals surface area contributed by atoms with Crippen molar-refractivity contribution in [3.63, 3.8) is 0 Å². The van der Waals surface area contributed by atoms with Gasteiger partial charge in [-0.3, -0.25) is 9.59 Å². The van der Waals surface area contributed by atoms with Crippen LogP contribution >= 0.6 is 0 Å². The summed E-state index contributed by atoms with van der Waals surface area (Å²) in [5.41, 5.74) is 0. The topological polar surface area (TPSA) is 37.4 Å². The van der Waals surface area contributed by atoms with E-state index in [0.29, 0.717) is 6.42 Å². The summed E-state index contributed by atoms with van der Waals surface area (Å²) in [4.78, 5) is 24.6. The molecule has 0 saturated heterocycles. The third kappa shape index (κ3) is 3.13. The molecule has 82 valence electrons. The molecule has 0 aromatic rings. The number of amides is 1. The van der Waals surface area contributed by atoms with Crippen molar-refractivity contribution in [1.29, 1.82) is 0 Å². The molecule has 0 radical (unpaired) electrons. The first-order valence-electron chi connectivity index (χ1n) is 5.22. The maximum atomic E-state index is 11.8. The molecule has 3 nitrogen and oxygen atoms in total. The number of rotatable bonds is 5. The lowest BCUT2D eigenvalue weighted by molar-refractivity contribution is -0.140. The van der Waals surface area contributed by atoms with Crippen LogP contribution in [0.4, 0.5) is 0 Å². The standard InChI is InChI=1S/C11H21NO2/c1-6-8(3)11(14)12(5)10(7-2)9(4)13/h8,10H,6-7H2,1-5H3. The second-order valence-corrected chi connectivity index (χ2v) is 3.79. The minimum atomic E-state index is -0.253. The Balaban J connectivity index is 4.49. The Bertz CT molecular complexity index is 213. The van der Waals surface area contributed by atoms with E-state index in [1.807, 2.05) is 20.8 Å². The monoisotopic (exact) mass is 199 g/mol. The van der Waals surface area contributed by atoms with E-state index in [1.54, 1.807) is 11.9 Å². The van der Waals surface area contributed by atoms with E-state index < -0.39 is 0 Å². The molecular formula is C11H21NO2. The molecule has 0 saturated carbocycles. The predicted molar refractivity (Wildman–Crippen MR) is 57.0 cm³/mol. The van der Waals surface area contributed by atoms with E-state index in [9.17, 15) is 9.59 Å². The maximum Gasteiger partial charge on any atom is 0.225 e. The predicted octanol–water partition coefficient (Wildman–Crippen LogP) is 1.86. The fourth-order valence-corrected chi connectivity index (χ4v) is 1.51. The van der Waals surface area contributed by atoms with Crippen LogP contribution in [0.25, 0.3) is 0 Å². The van der Waals surface area contributed by atoms with E-state index in [2.05, 4.69) is 0 Å². The van der Waals surface area contributed by atoms with Gasteiger partial charge in [0.2, 0.25) is 5.91 Å². The minimum absolute atomic E-state index is 0.00778. The lowest BCUT2D eigenvalue weighted by Gasteiger charge is -2.27. The summed E-state index contributed by atoms with van der Waals surface area (Å²) < 4.78 is 0. The van der Waals surface area contributed by atoms with Gasteiger partial charge in [-0.2, -0.15) is 0 Å². The van der Waals surface area contributed by atoms with E-state index in [1.165, 1.54) is 6.92 Å². The Hall–Kier alpha value is -0.860. The molecule has 0 aromatic heterocycles. The Kier molecular flexibility index (Phi) is 5.43. The van der Waals surface area contributed by atoms with E-state index in [0.717, 1.165) is 6.42 Å². The second kappa shape index (κ2) is 5.78. The van der Waals surface area contributed by atoms with Crippen molar-refractivity contribution in [2.24, 2.45) is 5.92 Å². The van der Waals surface area contributed by atoms with Crippen molar-refractivity contribution in [1.82, 2.24) is 4.90 Å². The molecule has 0 bridgehead atoms.